The van der Waals surface area contributed by atoms with Crippen LogP contribution >= 0.6 is 11.3 Å². The van der Waals surface area contributed by atoms with E-state index in [1.807, 2.05) is 6.92 Å². The third-order valence-corrected chi connectivity index (χ3v) is 5.30. The molecule has 0 N–H and O–H groups in total. The first-order chi connectivity index (χ1) is 14.2. The number of benzene rings is 1. The summed E-state index contributed by atoms with van der Waals surface area (Å²) in [5.41, 5.74) is -0.249. The van der Waals surface area contributed by atoms with E-state index in [2.05, 4.69) is 9.97 Å². The highest BCUT2D eigenvalue weighted by molar-refractivity contribution is 7.14. The fraction of sp³-hybridized carbons (Fsp3) is 0.286. The van der Waals surface area contributed by atoms with Crippen LogP contribution in [0.3, 0.4) is 0 Å². The smallest absolute Gasteiger partial charge is 0.274 e. The third-order valence-electron chi connectivity index (χ3n) is 4.47. The van der Waals surface area contributed by atoms with Gasteiger partial charge in [0.1, 0.15) is 5.69 Å². The average molecular weight is 437 g/mol. The molecule has 0 unspecified atom stereocenters. The second-order valence-electron chi connectivity index (χ2n) is 6.66. The Labute approximate surface area is 175 Å². The minimum Gasteiger partial charge on any atom is -0.274 e. The summed E-state index contributed by atoms with van der Waals surface area (Å²) in [5, 5.41) is -0.701. The van der Waals surface area contributed by atoms with E-state index in [0.29, 0.717) is 23.3 Å². The van der Waals surface area contributed by atoms with E-state index in [1.54, 1.807) is 12.1 Å². The number of pyridine rings is 1. The number of thiazole rings is 1. The van der Waals surface area contributed by atoms with Gasteiger partial charge in [0.2, 0.25) is 11.0 Å². The highest BCUT2D eigenvalue weighted by atomic mass is 32.1. The lowest BCUT2D eigenvalue weighted by Crippen LogP contribution is -2.23. The molecule has 30 heavy (non-hydrogen) atoms. The number of carbonyl (C=O) groups excluding carboxylic acids is 1. The van der Waals surface area contributed by atoms with Crippen molar-refractivity contribution in [2.24, 2.45) is 0 Å². The molecule has 0 spiro atoms. The standard InChI is InChI=1S/C21H19F4N3OS/c1-3-4-6-14-8-9-16(11-17(14)21(23,24)25)28(13(2)29)20-27-18(19(22)30-20)15-7-5-10-26-12-15/h5,7-12H,3-4,6H2,1-2H3. The number of anilines is 2. The molecule has 3 rings (SSSR count). The molecule has 9 heteroatoms. The predicted octanol–water partition coefficient (Wildman–Crippen LogP) is 6.39. The van der Waals surface area contributed by atoms with Gasteiger partial charge < -0.3 is 0 Å². The Kier molecular flexibility index (Phi) is 6.50. The van der Waals surface area contributed by atoms with Gasteiger partial charge in [-0.15, -0.1) is 0 Å². The number of nitrogens with zero attached hydrogens (tertiary/aromatic N) is 3. The van der Waals surface area contributed by atoms with E-state index >= 15 is 0 Å². The highest BCUT2D eigenvalue weighted by Gasteiger charge is 2.34. The van der Waals surface area contributed by atoms with E-state index in [0.717, 1.165) is 17.4 Å². The van der Waals surface area contributed by atoms with Crippen LogP contribution < -0.4 is 4.90 Å². The van der Waals surface area contributed by atoms with E-state index < -0.39 is 22.8 Å². The van der Waals surface area contributed by atoms with Crippen molar-refractivity contribution in [2.75, 3.05) is 4.90 Å². The Hall–Kier alpha value is -2.81. The molecule has 0 fully saturated rings. The van der Waals surface area contributed by atoms with Gasteiger partial charge >= 0.3 is 6.18 Å². The van der Waals surface area contributed by atoms with Gasteiger partial charge in [0.15, 0.2) is 5.13 Å². The number of amides is 1. The molecular weight excluding hydrogens is 418 g/mol. The fourth-order valence-electron chi connectivity index (χ4n) is 3.05. The normalized spacial score (nSPS) is 11.5. The van der Waals surface area contributed by atoms with Gasteiger partial charge in [0, 0.05) is 24.9 Å². The molecule has 0 radical (unpaired) electrons. The molecule has 0 aliphatic rings. The zero-order valence-electron chi connectivity index (χ0n) is 16.3. The van der Waals surface area contributed by atoms with Crippen LogP contribution in [0.5, 0.6) is 0 Å². The number of hydrogen-bond acceptors (Lipinski definition) is 4. The molecule has 0 saturated carbocycles. The molecule has 0 saturated heterocycles. The summed E-state index contributed by atoms with van der Waals surface area (Å²) in [4.78, 5) is 21.4. The summed E-state index contributed by atoms with van der Waals surface area (Å²) in [7, 11) is 0. The van der Waals surface area contributed by atoms with Crippen LogP contribution in [-0.4, -0.2) is 15.9 Å². The SMILES string of the molecule is CCCCc1ccc(N(C(C)=O)c2nc(-c3cccnc3)c(F)s2)cc1C(F)(F)F. The molecule has 1 amide bonds. The molecule has 2 heterocycles. The highest BCUT2D eigenvalue weighted by Crippen LogP contribution is 2.39. The summed E-state index contributed by atoms with van der Waals surface area (Å²) < 4.78 is 55.4. The molecule has 0 aliphatic heterocycles. The van der Waals surface area contributed by atoms with Crippen molar-refractivity contribution < 1.29 is 22.4 Å². The van der Waals surface area contributed by atoms with Crippen LogP contribution in [0.1, 0.15) is 37.8 Å². The van der Waals surface area contributed by atoms with E-state index in [9.17, 15) is 22.4 Å². The predicted molar refractivity (Wildman–Crippen MR) is 108 cm³/mol. The first-order valence-electron chi connectivity index (χ1n) is 9.30. The summed E-state index contributed by atoms with van der Waals surface area (Å²) in [6, 6.07) is 6.95. The number of carbonyl (C=O) groups is 1. The molecular formula is C21H19F4N3OS. The van der Waals surface area contributed by atoms with Crippen LogP contribution in [0.4, 0.5) is 28.4 Å². The Morgan fingerprint density at radius 1 is 1.23 bits per heavy atom. The topological polar surface area (TPSA) is 46.1 Å². The second-order valence-corrected chi connectivity index (χ2v) is 7.59. The molecule has 4 nitrogen and oxygen atoms in total. The number of alkyl halides is 3. The van der Waals surface area contributed by atoms with Crippen molar-refractivity contribution in [1.82, 2.24) is 9.97 Å². The molecule has 1 aromatic carbocycles. The summed E-state index contributed by atoms with van der Waals surface area (Å²) in [6.45, 7) is 3.09. The number of unbranched alkanes of at least 4 members (excludes halogenated alkanes) is 1. The Morgan fingerprint density at radius 2 is 2.00 bits per heavy atom. The first-order valence-corrected chi connectivity index (χ1v) is 10.1. The average Bonchev–Trinajstić information content (AvgIpc) is 3.07. The van der Waals surface area contributed by atoms with Crippen molar-refractivity contribution >= 4 is 28.1 Å². The van der Waals surface area contributed by atoms with E-state index in [4.69, 9.17) is 0 Å². The van der Waals surface area contributed by atoms with Crippen molar-refractivity contribution in [3.8, 4) is 11.3 Å². The third kappa shape index (κ3) is 4.67. The van der Waals surface area contributed by atoms with E-state index in [1.165, 1.54) is 31.5 Å². The maximum Gasteiger partial charge on any atom is 0.416 e. The molecule has 158 valence electrons. The number of aromatic nitrogens is 2. The lowest BCUT2D eigenvalue weighted by molar-refractivity contribution is -0.138. The van der Waals surface area contributed by atoms with Crippen LogP contribution in [0.25, 0.3) is 11.3 Å². The monoisotopic (exact) mass is 437 g/mol. The van der Waals surface area contributed by atoms with Gasteiger partial charge in [-0.3, -0.25) is 14.7 Å². The quantitative estimate of drug-likeness (QED) is 0.420. The van der Waals surface area contributed by atoms with Crippen molar-refractivity contribution in [2.45, 2.75) is 39.3 Å². The molecule has 0 aliphatic carbocycles. The first kappa shape index (κ1) is 21.9. The van der Waals surface area contributed by atoms with Gasteiger partial charge in [0.25, 0.3) is 0 Å². The number of aryl methyl sites for hydroxylation is 1. The lowest BCUT2D eigenvalue weighted by Gasteiger charge is -2.21. The molecule has 3 aromatic rings. The number of rotatable bonds is 6. The summed E-state index contributed by atoms with van der Waals surface area (Å²) in [6.07, 6.45) is 0.0258. The molecule has 2 aromatic heterocycles. The largest absolute Gasteiger partial charge is 0.416 e. The number of hydrogen-bond donors (Lipinski definition) is 0. The summed E-state index contributed by atoms with van der Waals surface area (Å²) >= 11 is 0.590. The second kappa shape index (κ2) is 8.91. The van der Waals surface area contributed by atoms with Gasteiger partial charge in [-0.1, -0.05) is 30.7 Å². The van der Waals surface area contributed by atoms with Gasteiger partial charge in [-0.25, -0.2) is 4.98 Å². The maximum atomic E-state index is 14.5. The van der Waals surface area contributed by atoms with E-state index in [-0.39, 0.29) is 28.5 Å². The zero-order valence-corrected chi connectivity index (χ0v) is 17.1. The number of halogens is 4. The molecule has 0 bridgehead atoms. The minimum atomic E-state index is -4.57. The lowest BCUT2D eigenvalue weighted by atomic mass is 10.0. The van der Waals surface area contributed by atoms with Crippen molar-refractivity contribution in [3.05, 3.63) is 59.0 Å². The van der Waals surface area contributed by atoms with Crippen LogP contribution in [0.2, 0.25) is 0 Å². The Balaban J connectivity index is 2.07. The molecule has 0 atom stereocenters. The maximum absolute atomic E-state index is 14.5. The summed E-state index contributed by atoms with van der Waals surface area (Å²) in [5.74, 6) is -0.573. The van der Waals surface area contributed by atoms with Crippen LogP contribution in [0.15, 0.2) is 42.7 Å². The van der Waals surface area contributed by atoms with Crippen LogP contribution in [0, 0.1) is 5.13 Å². The minimum absolute atomic E-state index is 0.00930. The van der Waals surface area contributed by atoms with Gasteiger partial charge in [-0.2, -0.15) is 17.6 Å². The van der Waals surface area contributed by atoms with Crippen LogP contribution in [-0.2, 0) is 17.4 Å². The Morgan fingerprint density at radius 3 is 2.60 bits per heavy atom. The van der Waals surface area contributed by atoms with Gasteiger partial charge in [0.05, 0.1) is 11.3 Å². The van der Waals surface area contributed by atoms with Gasteiger partial charge in [-0.05, 0) is 42.7 Å². The zero-order chi connectivity index (χ0) is 21.9. The fourth-order valence-corrected chi connectivity index (χ4v) is 3.93. The van der Waals surface area contributed by atoms with Crippen molar-refractivity contribution in [1.29, 1.82) is 0 Å². The Bertz CT molecular complexity index is 1030. The van der Waals surface area contributed by atoms with Crippen molar-refractivity contribution in [3.63, 3.8) is 0 Å².